The number of carbonyl (C=O) groups is 2. The number of ketones is 1. The zero-order valence-electron chi connectivity index (χ0n) is 12.6. The monoisotopic (exact) mass is 345 g/mol. The summed E-state index contributed by atoms with van der Waals surface area (Å²) in [6.45, 7) is 1.85. The van der Waals surface area contributed by atoms with Crippen molar-refractivity contribution in [2.24, 2.45) is 0 Å². The molecule has 1 atom stereocenters. The van der Waals surface area contributed by atoms with Crippen LogP contribution in [0, 0.1) is 0 Å². The number of Topliss-reactive ketones (excluding diaryl/α,β-unsaturated/α-hetero) is 1. The Morgan fingerprint density at radius 1 is 1.22 bits per heavy atom. The minimum absolute atomic E-state index is 0.0123. The molecule has 0 fully saturated rings. The third kappa shape index (κ3) is 3.59. The summed E-state index contributed by atoms with van der Waals surface area (Å²) in [7, 11) is 0. The first-order valence-corrected chi connectivity index (χ1v) is 8.88. The third-order valence-corrected chi connectivity index (χ3v) is 5.16. The molecule has 0 radical (unpaired) electrons. The Labute approximate surface area is 144 Å². The largest absolute Gasteiger partial charge is 0.325 e. The number of anilines is 1. The summed E-state index contributed by atoms with van der Waals surface area (Å²) in [4.78, 5) is 24.0. The van der Waals surface area contributed by atoms with Gasteiger partial charge in [0.05, 0.1) is 11.7 Å². The van der Waals surface area contributed by atoms with Crippen LogP contribution in [-0.4, -0.2) is 17.4 Å². The van der Waals surface area contributed by atoms with Crippen LogP contribution >= 0.6 is 23.4 Å². The smallest absolute Gasteiger partial charge is 0.231 e. The number of amides is 1. The van der Waals surface area contributed by atoms with Gasteiger partial charge in [-0.1, -0.05) is 23.7 Å². The normalized spacial score (nSPS) is 16.1. The van der Waals surface area contributed by atoms with Crippen molar-refractivity contribution in [1.29, 1.82) is 0 Å². The second-order valence-electron chi connectivity index (χ2n) is 5.56. The molecule has 0 saturated heterocycles. The van der Waals surface area contributed by atoms with Gasteiger partial charge in [0.15, 0.2) is 5.78 Å². The van der Waals surface area contributed by atoms with Crippen LogP contribution in [-0.2, 0) is 10.5 Å². The molecule has 3 nitrogen and oxygen atoms in total. The highest BCUT2D eigenvalue weighted by atomic mass is 35.5. The highest BCUT2D eigenvalue weighted by Gasteiger charge is 2.27. The fraction of sp³-hybridized carbons (Fsp3) is 0.222. The van der Waals surface area contributed by atoms with E-state index in [0.717, 1.165) is 22.6 Å². The maximum atomic E-state index is 12.3. The van der Waals surface area contributed by atoms with Gasteiger partial charge in [-0.3, -0.25) is 9.59 Å². The van der Waals surface area contributed by atoms with Crippen molar-refractivity contribution in [2.75, 3.05) is 11.1 Å². The lowest BCUT2D eigenvalue weighted by Crippen LogP contribution is -2.08. The predicted octanol–water partition coefficient (Wildman–Crippen LogP) is 4.51. The number of hydrogen-bond donors (Lipinski definition) is 1. The molecular weight excluding hydrogens is 330 g/mol. The highest BCUT2D eigenvalue weighted by Crippen LogP contribution is 2.33. The van der Waals surface area contributed by atoms with Gasteiger partial charge in [-0.15, -0.1) is 11.8 Å². The van der Waals surface area contributed by atoms with Gasteiger partial charge in [0.1, 0.15) is 0 Å². The Morgan fingerprint density at radius 3 is 2.70 bits per heavy atom. The van der Waals surface area contributed by atoms with Crippen molar-refractivity contribution >= 4 is 40.7 Å². The number of fused-ring (bicyclic) bond motifs is 1. The highest BCUT2D eigenvalue weighted by molar-refractivity contribution is 7.99. The van der Waals surface area contributed by atoms with E-state index in [0.29, 0.717) is 16.3 Å². The van der Waals surface area contributed by atoms with E-state index < -0.39 is 0 Å². The predicted molar refractivity (Wildman–Crippen MR) is 95.4 cm³/mol. The van der Waals surface area contributed by atoms with Crippen LogP contribution < -0.4 is 5.32 Å². The number of carbonyl (C=O) groups excluding carboxylic acids is 2. The number of benzene rings is 2. The summed E-state index contributed by atoms with van der Waals surface area (Å²) >= 11 is 7.43. The Balaban J connectivity index is 1.61. The molecule has 23 heavy (non-hydrogen) atoms. The van der Waals surface area contributed by atoms with E-state index in [-0.39, 0.29) is 17.6 Å². The van der Waals surface area contributed by atoms with Crippen molar-refractivity contribution in [3.8, 4) is 0 Å². The van der Waals surface area contributed by atoms with Gasteiger partial charge >= 0.3 is 0 Å². The van der Waals surface area contributed by atoms with Gasteiger partial charge in [-0.2, -0.15) is 0 Å². The minimum Gasteiger partial charge on any atom is -0.325 e. The molecular formula is C18H16ClNO2S. The molecule has 5 heteroatoms. The van der Waals surface area contributed by atoms with Crippen LogP contribution in [0.4, 0.5) is 5.69 Å². The maximum absolute atomic E-state index is 12.3. The Kier molecular flexibility index (Phi) is 4.74. The number of rotatable bonds is 5. The van der Waals surface area contributed by atoms with Crippen molar-refractivity contribution in [3.63, 3.8) is 0 Å². The van der Waals surface area contributed by atoms with Crippen LogP contribution in [0.25, 0.3) is 0 Å². The first-order chi connectivity index (χ1) is 11.0. The number of thioether (sulfide) groups is 1. The molecule has 0 unspecified atom stereocenters. The number of halogens is 1. The van der Waals surface area contributed by atoms with Crippen LogP contribution in [0.5, 0.6) is 0 Å². The molecule has 1 aliphatic heterocycles. The van der Waals surface area contributed by atoms with E-state index in [1.165, 1.54) is 0 Å². The summed E-state index contributed by atoms with van der Waals surface area (Å²) in [6, 6.07) is 13.1. The first kappa shape index (κ1) is 16.1. The van der Waals surface area contributed by atoms with Gasteiger partial charge in [0.2, 0.25) is 5.91 Å². The summed E-state index contributed by atoms with van der Waals surface area (Å²) in [5.41, 5.74) is 3.52. The van der Waals surface area contributed by atoms with Crippen molar-refractivity contribution in [2.45, 2.75) is 18.6 Å². The quantitative estimate of drug-likeness (QED) is 0.811. The summed E-state index contributed by atoms with van der Waals surface area (Å²) in [5.74, 6) is 1.06. The van der Waals surface area contributed by atoms with E-state index >= 15 is 0 Å². The summed E-state index contributed by atoms with van der Waals surface area (Å²) in [5, 5.41) is 3.53. The molecule has 0 saturated carbocycles. The zero-order chi connectivity index (χ0) is 16.4. The topological polar surface area (TPSA) is 46.2 Å². The second-order valence-corrected chi connectivity index (χ2v) is 6.98. The molecule has 0 aromatic heterocycles. The van der Waals surface area contributed by atoms with Gasteiger partial charge in [-0.25, -0.2) is 0 Å². The van der Waals surface area contributed by atoms with E-state index in [9.17, 15) is 9.59 Å². The van der Waals surface area contributed by atoms with Crippen LogP contribution in [0.1, 0.15) is 34.3 Å². The molecule has 1 aliphatic rings. The van der Waals surface area contributed by atoms with Gasteiger partial charge in [0.25, 0.3) is 0 Å². The van der Waals surface area contributed by atoms with Gasteiger partial charge < -0.3 is 5.32 Å². The number of hydrogen-bond acceptors (Lipinski definition) is 3. The number of nitrogens with one attached hydrogen (secondary N) is 1. The molecule has 2 aromatic rings. The molecule has 1 amide bonds. The molecule has 0 aliphatic carbocycles. The molecule has 0 bridgehead atoms. The maximum Gasteiger partial charge on any atom is 0.231 e. The average Bonchev–Trinajstić information content (AvgIpc) is 2.83. The van der Waals surface area contributed by atoms with E-state index in [1.807, 2.05) is 43.3 Å². The van der Waals surface area contributed by atoms with Crippen molar-refractivity contribution < 1.29 is 9.59 Å². The lowest BCUT2D eigenvalue weighted by molar-refractivity contribution is -0.116. The van der Waals surface area contributed by atoms with Crippen LogP contribution in [0.2, 0.25) is 5.02 Å². The zero-order valence-corrected chi connectivity index (χ0v) is 14.2. The fourth-order valence-electron chi connectivity index (χ4n) is 2.52. The van der Waals surface area contributed by atoms with E-state index in [4.69, 9.17) is 11.6 Å². The molecule has 1 N–H and O–H groups in total. The Hall–Kier alpha value is -1.78. The fourth-order valence-corrected chi connectivity index (χ4v) is 3.52. The Morgan fingerprint density at radius 2 is 1.96 bits per heavy atom. The van der Waals surface area contributed by atoms with Crippen molar-refractivity contribution in [3.05, 3.63) is 64.2 Å². The van der Waals surface area contributed by atoms with Crippen molar-refractivity contribution in [1.82, 2.24) is 0 Å². The molecule has 1 heterocycles. The van der Waals surface area contributed by atoms with E-state index in [2.05, 4.69) is 5.32 Å². The van der Waals surface area contributed by atoms with Gasteiger partial charge in [-0.05, 0) is 48.4 Å². The summed E-state index contributed by atoms with van der Waals surface area (Å²) < 4.78 is 0. The standard InChI is InChI=1S/C18H16ClNO2S/c1-11-15-8-13(4-7-16(15)20-18(11)22)17(21)10-23-9-12-2-5-14(19)6-3-12/h2-8,11H,9-10H2,1H3,(H,20,22)/t11-/m1/s1. The average molecular weight is 346 g/mol. The van der Waals surface area contributed by atoms with Gasteiger partial charge in [0, 0.05) is 22.0 Å². The lowest BCUT2D eigenvalue weighted by Gasteiger charge is -2.06. The van der Waals surface area contributed by atoms with Crippen LogP contribution in [0.15, 0.2) is 42.5 Å². The first-order valence-electron chi connectivity index (χ1n) is 7.35. The SMILES string of the molecule is C[C@H]1C(=O)Nc2ccc(C(=O)CSCc3ccc(Cl)cc3)cc21. The third-order valence-electron chi connectivity index (χ3n) is 3.91. The Bertz CT molecular complexity index is 758. The summed E-state index contributed by atoms with van der Waals surface area (Å²) in [6.07, 6.45) is 0. The molecule has 118 valence electrons. The molecule has 3 rings (SSSR count). The minimum atomic E-state index is -0.195. The molecule has 0 spiro atoms. The van der Waals surface area contributed by atoms with Crippen LogP contribution in [0.3, 0.4) is 0 Å². The molecule has 2 aromatic carbocycles. The van der Waals surface area contributed by atoms with E-state index in [1.54, 1.807) is 17.8 Å². The lowest BCUT2D eigenvalue weighted by atomic mass is 9.99. The second kappa shape index (κ2) is 6.77.